The predicted molar refractivity (Wildman–Crippen MR) is 23.5 cm³/mol. The Morgan fingerprint density at radius 3 is 2.50 bits per heavy atom. The van der Waals surface area contributed by atoms with E-state index in [0.29, 0.717) is 0 Å². The van der Waals surface area contributed by atoms with E-state index in [1.807, 2.05) is 0 Å². The van der Waals surface area contributed by atoms with Crippen molar-refractivity contribution >= 4 is 11.6 Å². The number of rotatable bonds is 2. The molecule has 1 N–H and O–H groups in total. The van der Waals surface area contributed by atoms with Crippen LogP contribution in [0.25, 0.3) is 0 Å². The predicted octanol–water partition coefficient (Wildman–Crippen LogP) is 0.538. The number of alkyl halides is 1. The molecule has 0 aliphatic rings. The Bertz CT molecular complexity index is 30.0. The quantitative estimate of drug-likeness (QED) is 0.415. The molecule has 0 saturated carbocycles. The highest BCUT2D eigenvalue weighted by Gasteiger charge is 1.87. The van der Waals surface area contributed by atoms with Crippen molar-refractivity contribution in [1.29, 1.82) is 0 Å². The second kappa shape index (κ2) is 3.40. The van der Waals surface area contributed by atoms with Crippen LogP contribution in [0.15, 0.2) is 0 Å². The Labute approximate surface area is 41.7 Å². The van der Waals surface area contributed by atoms with Gasteiger partial charge in [0, 0.05) is 0 Å². The van der Waals surface area contributed by atoms with E-state index in [1.165, 1.54) is 0 Å². The zero-order chi connectivity index (χ0) is 4.99. The Kier molecular flexibility index (Phi) is 3.52. The molecular formula is C3H7ClO2. The van der Waals surface area contributed by atoms with E-state index < -0.39 is 0 Å². The van der Waals surface area contributed by atoms with Gasteiger partial charge in [0.05, 0.1) is 0 Å². The smallest absolute Gasteiger partial charge is 0.145 e. The van der Waals surface area contributed by atoms with Crippen LogP contribution < -0.4 is 0 Å². The second-order valence-electron chi connectivity index (χ2n) is 0.839. The molecule has 0 spiro atoms. The SMILES string of the molecule is CC(Cl)OCO. The Morgan fingerprint density at radius 1 is 2.00 bits per heavy atom. The molecule has 0 aliphatic carbocycles. The maximum atomic E-state index is 7.93. The van der Waals surface area contributed by atoms with E-state index in [0.717, 1.165) is 0 Å². The molecule has 1 atom stereocenters. The third kappa shape index (κ3) is 4.21. The topological polar surface area (TPSA) is 29.5 Å². The summed E-state index contributed by atoms with van der Waals surface area (Å²) in [5.74, 6) is 0. The molecule has 0 heterocycles. The van der Waals surface area contributed by atoms with Crippen molar-refractivity contribution in [3.8, 4) is 0 Å². The van der Waals surface area contributed by atoms with Gasteiger partial charge in [-0.15, -0.1) is 0 Å². The fourth-order valence-electron chi connectivity index (χ4n) is 0.103. The van der Waals surface area contributed by atoms with E-state index in [-0.39, 0.29) is 12.4 Å². The number of aliphatic hydroxyl groups is 1. The van der Waals surface area contributed by atoms with Gasteiger partial charge < -0.3 is 9.84 Å². The summed E-state index contributed by atoms with van der Waals surface area (Å²) < 4.78 is 4.36. The van der Waals surface area contributed by atoms with Crippen molar-refractivity contribution in [2.24, 2.45) is 0 Å². The summed E-state index contributed by atoms with van der Waals surface area (Å²) in [6.45, 7) is 1.34. The maximum Gasteiger partial charge on any atom is 0.145 e. The Balaban J connectivity index is 2.63. The van der Waals surface area contributed by atoms with Crippen LogP contribution in [0.3, 0.4) is 0 Å². The molecule has 0 aromatic carbocycles. The number of ether oxygens (including phenoxy) is 1. The molecule has 0 radical (unpaired) electrons. The molecule has 1 unspecified atom stereocenters. The van der Waals surface area contributed by atoms with E-state index >= 15 is 0 Å². The molecule has 6 heavy (non-hydrogen) atoms. The number of aliphatic hydroxyl groups excluding tert-OH is 1. The first kappa shape index (κ1) is 6.21. The minimum atomic E-state index is -0.380. The van der Waals surface area contributed by atoms with Crippen molar-refractivity contribution in [2.45, 2.75) is 12.5 Å². The summed E-state index contributed by atoms with van der Waals surface area (Å²) >= 11 is 5.20. The van der Waals surface area contributed by atoms with Crippen LogP contribution in [0, 0.1) is 0 Å². The fourth-order valence-corrected chi connectivity index (χ4v) is 0.159. The number of hydrogen-bond acceptors (Lipinski definition) is 2. The minimum absolute atomic E-state index is 0.301. The highest BCUT2D eigenvalue weighted by molar-refractivity contribution is 6.19. The first-order chi connectivity index (χ1) is 2.77. The van der Waals surface area contributed by atoms with Gasteiger partial charge in [-0.25, -0.2) is 0 Å². The normalized spacial score (nSPS) is 14.5. The average Bonchev–Trinajstić information content (AvgIpc) is 1.35. The van der Waals surface area contributed by atoms with Crippen molar-refractivity contribution in [3.63, 3.8) is 0 Å². The lowest BCUT2D eigenvalue weighted by molar-refractivity contribution is -0.0112. The van der Waals surface area contributed by atoms with E-state index in [2.05, 4.69) is 4.74 Å². The van der Waals surface area contributed by atoms with Crippen molar-refractivity contribution < 1.29 is 9.84 Å². The van der Waals surface area contributed by atoms with Crippen LogP contribution in [-0.4, -0.2) is 17.5 Å². The highest BCUT2D eigenvalue weighted by atomic mass is 35.5. The van der Waals surface area contributed by atoms with Crippen LogP contribution >= 0.6 is 11.6 Å². The summed E-state index contributed by atoms with van der Waals surface area (Å²) in [4.78, 5) is 0. The second-order valence-corrected chi connectivity index (χ2v) is 1.45. The summed E-state index contributed by atoms with van der Waals surface area (Å²) in [5.41, 5.74) is -0.380. The first-order valence-electron chi connectivity index (χ1n) is 1.64. The van der Waals surface area contributed by atoms with Crippen LogP contribution in [0.1, 0.15) is 6.92 Å². The number of halogens is 1. The van der Waals surface area contributed by atoms with E-state index in [4.69, 9.17) is 16.7 Å². The molecule has 0 aromatic heterocycles. The molecule has 2 nitrogen and oxygen atoms in total. The average molecular weight is 111 g/mol. The van der Waals surface area contributed by atoms with Crippen LogP contribution in [0.5, 0.6) is 0 Å². The van der Waals surface area contributed by atoms with Gasteiger partial charge in [-0.3, -0.25) is 0 Å². The summed E-state index contributed by atoms with van der Waals surface area (Å²) in [6.07, 6.45) is 0. The van der Waals surface area contributed by atoms with Crippen LogP contribution in [0.4, 0.5) is 0 Å². The Morgan fingerprint density at radius 2 is 2.50 bits per heavy atom. The van der Waals surface area contributed by atoms with Crippen molar-refractivity contribution in [3.05, 3.63) is 0 Å². The largest absolute Gasteiger partial charge is 0.371 e. The molecule has 38 valence electrons. The fraction of sp³-hybridized carbons (Fsp3) is 1.00. The van der Waals surface area contributed by atoms with E-state index in [9.17, 15) is 0 Å². The summed E-state index contributed by atoms with van der Waals surface area (Å²) in [6, 6.07) is 0. The molecule has 0 fully saturated rings. The lowest BCUT2D eigenvalue weighted by Gasteiger charge is -1.96. The van der Waals surface area contributed by atoms with E-state index in [1.54, 1.807) is 6.92 Å². The van der Waals surface area contributed by atoms with Gasteiger partial charge in [0.2, 0.25) is 0 Å². The standard InChI is InChI=1S/C3H7ClO2/c1-3(4)6-2-5/h3,5H,2H2,1H3. The first-order valence-corrected chi connectivity index (χ1v) is 2.07. The molecular weight excluding hydrogens is 103 g/mol. The van der Waals surface area contributed by atoms with Crippen molar-refractivity contribution in [2.75, 3.05) is 6.79 Å². The zero-order valence-electron chi connectivity index (χ0n) is 3.52. The van der Waals surface area contributed by atoms with Gasteiger partial charge in [0.25, 0.3) is 0 Å². The van der Waals surface area contributed by atoms with Crippen LogP contribution in [0.2, 0.25) is 0 Å². The number of hydrogen-bond donors (Lipinski definition) is 1. The zero-order valence-corrected chi connectivity index (χ0v) is 4.27. The van der Waals surface area contributed by atoms with Gasteiger partial charge in [0.15, 0.2) is 0 Å². The summed E-state index contributed by atoms with van der Waals surface area (Å²) in [7, 11) is 0. The molecule has 0 amide bonds. The molecule has 3 heteroatoms. The highest BCUT2D eigenvalue weighted by Crippen LogP contribution is 1.91. The van der Waals surface area contributed by atoms with Crippen LogP contribution in [-0.2, 0) is 4.74 Å². The van der Waals surface area contributed by atoms with Gasteiger partial charge in [-0.05, 0) is 6.92 Å². The third-order valence-electron chi connectivity index (χ3n) is 0.304. The molecule has 0 saturated heterocycles. The molecule has 0 aliphatic heterocycles. The maximum absolute atomic E-state index is 7.93. The monoisotopic (exact) mass is 110 g/mol. The lowest BCUT2D eigenvalue weighted by Crippen LogP contribution is -1.98. The summed E-state index contributed by atoms with van der Waals surface area (Å²) in [5, 5.41) is 7.93. The Hall–Kier alpha value is 0.210. The third-order valence-corrected chi connectivity index (χ3v) is 0.430. The molecule has 0 bridgehead atoms. The lowest BCUT2D eigenvalue weighted by atomic mass is 10.9. The van der Waals surface area contributed by atoms with Gasteiger partial charge in [-0.1, -0.05) is 11.6 Å². The van der Waals surface area contributed by atoms with Gasteiger partial charge in [-0.2, -0.15) is 0 Å². The van der Waals surface area contributed by atoms with Gasteiger partial charge >= 0.3 is 0 Å². The molecule has 0 rings (SSSR count). The van der Waals surface area contributed by atoms with Crippen molar-refractivity contribution in [1.82, 2.24) is 0 Å². The molecule has 0 aromatic rings. The van der Waals surface area contributed by atoms with Gasteiger partial charge in [0.1, 0.15) is 12.4 Å². The minimum Gasteiger partial charge on any atom is -0.371 e.